The molecule has 0 saturated carbocycles. The highest BCUT2D eigenvalue weighted by molar-refractivity contribution is 7.99. The molecule has 1 aliphatic heterocycles. The van der Waals surface area contributed by atoms with Gasteiger partial charge in [0.1, 0.15) is 6.54 Å². The summed E-state index contributed by atoms with van der Waals surface area (Å²) in [5.41, 5.74) is 2.38. The molecule has 1 heterocycles. The zero-order valence-electron chi connectivity index (χ0n) is 10.1. The van der Waals surface area contributed by atoms with Crippen molar-refractivity contribution in [1.29, 1.82) is 0 Å². The van der Waals surface area contributed by atoms with Crippen molar-refractivity contribution in [2.45, 2.75) is 24.7 Å². The van der Waals surface area contributed by atoms with Gasteiger partial charge in [-0.1, -0.05) is 19.9 Å². The molecule has 2 rings (SSSR count). The summed E-state index contributed by atoms with van der Waals surface area (Å²) < 4.78 is 0. The highest BCUT2D eigenvalue weighted by Gasteiger charge is 2.19. The number of hydrogen-bond donors (Lipinski definition) is 1. The standard InChI is InChI=1S/C13H17NO2S/c1-9(2)10-3-4-11-12(7-10)17-6-5-14(11)8-13(15)16/h3-4,7,9H,5-6,8H2,1-2H3,(H,15,16). The summed E-state index contributed by atoms with van der Waals surface area (Å²) in [6.45, 7) is 5.24. The van der Waals surface area contributed by atoms with Crippen molar-refractivity contribution in [2.24, 2.45) is 0 Å². The number of thioether (sulfide) groups is 1. The van der Waals surface area contributed by atoms with Crippen molar-refractivity contribution >= 4 is 23.4 Å². The number of benzene rings is 1. The van der Waals surface area contributed by atoms with Gasteiger partial charge in [-0.15, -0.1) is 11.8 Å². The summed E-state index contributed by atoms with van der Waals surface area (Å²) in [6.07, 6.45) is 0. The molecule has 0 spiro atoms. The van der Waals surface area contributed by atoms with E-state index in [9.17, 15) is 4.79 Å². The maximum Gasteiger partial charge on any atom is 0.323 e. The van der Waals surface area contributed by atoms with Crippen LogP contribution >= 0.6 is 11.8 Å². The SMILES string of the molecule is CC(C)c1ccc2c(c1)SCCN2CC(=O)O. The Morgan fingerprint density at radius 3 is 2.94 bits per heavy atom. The summed E-state index contributed by atoms with van der Waals surface area (Å²) in [7, 11) is 0. The van der Waals surface area contributed by atoms with E-state index in [1.165, 1.54) is 10.5 Å². The highest BCUT2D eigenvalue weighted by Crippen LogP contribution is 2.36. The third-order valence-corrected chi connectivity index (χ3v) is 3.96. The Hall–Kier alpha value is -1.16. The lowest BCUT2D eigenvalue weighted by atomic mass is 10.0. The number of rotatable bonds is 3. The number of fused-ring (bicyclic) bond motifs is 1. The van der Waals surface area contributed by atoms with Gasteiger partial charge in [-0.25, -0.2) is 0 Å². The Kier molecular flexibility index (Phi) is 3.62. The number of nitrogens with zero attached hydrogens (tertiary/aromatic N) is 1. The summed E-state index contributed by atoms with van der Waals surface area (Å²) in [6, 6.07) is 6.35. The topological polar surface area (TPSA) is 40.5 Å². The maximum atomic E-state index is 10.8. The fraction of sp³-hybridized carbons (Fsp3) is 0.462. The Morgan fingerprint density at radius 2 is 2.29 bits per heavy atom. The average molecular weight is 251 g/mol. The van der Waals surface area contributed by atoms with Crippen LogP contribution in [-0.4, -0.2) is 29.9 Å². The number of carboxylic acid groups (broad SMARTS) is 1. The van der Waals surface area contributed by atoms with Gasteiger partial charge in [0, 0.05) is 17.2 Å². The molecule has 0 radical (unpaired) electrons. The van der Waals surface area contributed by atoms with Gasteiger partial charge in [0.2, 0.25) is 0 Å². The molecule has 0 aromatic heterocycles. The lowest BCUT2D eigenvalue weighted by Gasteiger charge is -2.30. The van der Waals surface area contributed by atoms with E-state index >= 15 is 0 Å². The molecule has 0 saturated heterocycles. The molecule has 4 heteroatoms. The molecule has 0 atom stereocenters. The largest absolute Gasteiger partial charge is 0.480 e. The van der Waals surface area contributed by atoms with E-state index < -0.39 is 5.97 Å². The summed E-state index contributed by atoms with van der Waals surface area (Å²) in [5.74, 6) is 0.702. The van der Waals surface area contributed by atoms with Gasteiger partial charge in [0.05, 0.1) is 5.69 Å². The Labute approximate surface area is 106 Å². The van der Waals surface area contributed by atoms with E-state index in [4.69, 9.17) is 5.11 Å². The van der Waals surface area contributed by atoms with Crippen molar-refractivity contribution in [2.75, 3.05) is 23.7 Å². The minimum absolute atomic E-state index is 0.0919. The zero-order chi connectivity index (χ0) is 12.4. The first-order valence-corrected chi connectivity index (χ1v) is 6.80. The number of anilines is 1. The Balaban J connectivity index is 2.30. The molecule has 1 aromatic carbocycles. The first kappa shape index (κ1) is 12.3. The van der Waals surface area contributed by atoms with Gasteiger partial charge in [0.25, 0.3) is 0 Å². The van der Waals surface area contributed by atoms with E-state index in [0.29, 0.717) is 5.92 Å². The first-order chi connectivity index (χ1) is 8.08. The summed E-state index contributed by atoms with van der Waals surface area (Å²) >= 11 is 1.82. The van der Waals surface area contributed by atoms with E-state index in [0.717, 1.165) is 18.0 Å². The lowest BCUT2D eigenvalue weighted by Crippen LogP contribution is -2.34. The third-order valence-electron chi connectivity index (χ3n) is 2.94. The second-order valence-electron chi connectivity index (χ2n) is 4.55. The zero-order valence-corrected chi connectivity index (χ0v) is 11.0. The Morgan fingerprint density at radius 1 is 1.53 bits per heavy atom. The predicted octanol–water partition coefficient (Wildman–Crippen LogP) is 2.81. The Bertz CT molecular complexity index is 431. The van der Waals surface area contributed by atoms with Crippen LogP contribution in [0.1, 0.15) is 25.3 Å². The first-order valence-electron chi connectivity index (χ1n) is 5.81. The smallest absolute Gasteiger partial charge is 0.323 e. The van der Waals surface area contributed by atoms with Crippen LogP contribution in [0.2, 0.25) is 0 Å². The van der Waals surface area contributed by atoms with E-state index in [-0.39, 0.29) is 6.54 Å². The molecule has 0 amide bonds. The van der Waals surface area contributed by atoms with Crippen molar-refractivity contribution < 1.29 is 9.90 Å². The predicted molar refractivity (Wildman–Crippen MR) is 71.1 cm³/mol. The summed E-state index contributed by atoms with van der Waals surface area (Å²) in [5, 5.41) is 8.89. The average Bonchev–Trinajstić information content (AvgIpc) is 2.28. The van der Waals surface area contributed by atoms with Crippen molar-refractivity contribution in [3.05, 3.63) is 23.8 Å². The minimum Gasteiger partial charge on any atom is -0.480 e. The fourth-order valence-electron chi connectivity index (χ4n) is 1.98. The van der Waals surface area contributed by atoms with Gasteiger partial charge >= 0.3 is 5.97 Å². The summed E-state index contributed by atoms with van der Waals surface area (Å²) in [4.78, 5) is 14.0. The number of carboxylic acids is 1. The van der Waals surface area contributed by atoms with Crippen molar-refractivity contribution in [3.8, 4) is 0 Å². The van der Waals surface area contributed by atoms with Gasteiger partial charge in [-0.3, -0.25) is 4.79 Å². The molecule has 17 heavy (non-hydrogen) atoms. The van der Waals surface area contributed by atoms with Crippen molar-refractivity contribution in [3.63, 3.8) is 0 Å². The normalized spacial score (nSPS) is 14.9. The van der Waals surface area contributed by atoms with Crippen LogP contribution in [0.25, 0.3) is 0 Å². The number of aliphatic carboxylic acids is 1. The second-order valence-corrected chi connectivity index (χ2v) is 5.68. The van der Waals surface area contributed by atoms with Crippen LogP contribution in [0, 0.1) is 0 Å². The van der Waals surface area contributed by atoms with Crippen molar-refractivity contribution in [1.82, 2.24) is 0 Å². The molecule has 0 aliphatic carbocycles. The molecular formula is C13H17NO2S. The maximum absolute atomic E-state index is 10.8. The molecule has 92 valence electrons. The molecule has 1 N–H and O–H groups in total. The van der Waals surface area contributed by atoms with Gasteiger partial charge in [-0.05, 0) is 23.6 Å². The number of carbonyl (C=O) groups is 1. The molecule has 0 unspecified atom stereocenters. The fourth-order valence-corrected chi connectivity index (χ4v) is 3.08. The molecule has 0 bridgehead atoms. The van der Waals surface area contributed by atoms with Crippen LogP contribution < -0.4 is 4.90 Å². The second kappa shape index (κ2) is 5.00. The molecule has 1 aromatic rings. The van der Waals surface area contributed by atoms with E-state index in [2.05, 4.69) is 32.0 Å². The van der Waals surface area contributed by atoms with Crippen LogP contribution in [0.4, 0.5) is 5.69 Å². The quantitative estimate of drug-likeness (QED) is 0.896. The van der Waals surface area contributed by atoms with Crippen LogP contribution in [0.3, 0.4) is 0 Å². The minimum atomic E-state index is -0.768. The van der Waals surface area contributed by atoms with Gasteiger partial charge in [0.15, 0.2) is 0 Å². The monoisotopic (exact) mass is 251 g/mol. The number of hydrogen-bond acceptors (Lipinski definition) is 3. The molecule has 3 nitrogen and oxygen atoms in total. The van der Waals surface area contributed by atoms with Crippen LogP contribution in [-0.2, 0) is 4.79 Å². The van der Waals surface area contributed by atoms with Crippen LogP contribution in [0.15, 0.2) is 23.1 Å². The van der Waals surface area contributed by atoms with Gasteiger partial charge < -0.3 is 10.0 Å². The van der Waals surface area contributed by atoms with E-state index in [1.807, 2.05) is 16.7 Å². The highest BCUT2D eigenvalue weighted by atomic mass is 32.2. The van der Waals surface area contributed by atoms with Crippen LogP contribution in [0.5, 0.6) is 0 Å². The van der Waals surface area contributed by atoms with E-state index in [1.54, 1.807) is 0 Å². The molecule has 0 fully saturated rings. The lowest BCUT2D eigenvalue weighted by molar-refractivity contribution is -0.135. The third kappa shape index (κ3) is 2.75. The molecule has 1 aliphatic rings. The molecular weight excluding hydrogens is 234 g/mol. The van der Waals surface area contributed by atoms with Gasteiger partial charge in [-0.2, -0.15) is 0 Å².